The first-order valence-electron chi connectivity index (χ1n) is 5.70. The van der Waals surface area contributed by atoms with Crippen LogP contribution in [0.5, 0.6) is 0 Å². The van der Waals surface area contributed by atoms with Crippen molar-refractivity contribution in [2.75, 3.05) is 18.9 Å². The maximum atomic E-state index is 13.6. The normalized spacial score (nSPS) is 11.5. The molecule has 96 valence electrons. The molecule has 0 spiro atoms. The van der Waals surface area contributed by atoms with Gasteiger partial charge in [0.15, 0.2) is 0 Å². The lowest BCUT2D eigenvalue weighted by atomic mass is 10.2. The summed E-state index contributed by atoms with van der Waals surface area (Å²) < 4.78 is 13.6. The van der Waals surface area contributed by atoms with Crippen LogP contribution in [0.15, 0.2) is 18.2 Å². The third-order valence-electron chi connectivity index (χ3n) is 2.69. The number of likely N-dealkylation sites (N-methyl/N-ethyl adjacent to an activating group) is 1. The number of nitriles is 1. The van der Waals surface area contributed by atoms with Crippen molar-refractivity contribution in [3.05, 3.63) is 29.6 Å². The molecule has 1 amide bonds. The second-order valence-electron chi connectivity index (χ2n) is 4.02. The third-order valence-corrected chi connectivity index (χ3v) is 2.69. The summed E-state index contributed by atoms with van der Waals surface area (Å²) >= 11 is 0. The molecule has 0 radical (unpaired) electrons. The van der Waals surface area contributed by atoms with Gasteiger partial charge in [-0.05, 0) is 32.0 Å². The van der Waals surface area contributed by atoms with E-state index in [0.29, 0.717) is 6.54 Å². The zero-order valence-corrected chi connectivity index (χ0v) is 10.7. The van der Waals surface area contributed by atoms with Crippen LogP contribution >= 0.6 is 0 Å². The van der Waals surface area contributed by atoms with Gasteiger partial charge in [-0.1, -0.05) is 0 Å². The van der Waals surface area contributed by atoms with E-state index in [4.69, 9.17) is 5.26 Å². The fourth-order valence-corrected chi connectivity index (χ4v) is 1.48. The molecule has 5 heteroatoms. The van der Waals surface area contributed by atoms with Gasteiger partial charge in [-0.2, -0.15) is 5.26 Å². The maximum absolute atomic E-state index is 13.6. The van der Waals surface area contributed by atoms with Gasteiger partial charge < -0.3 is 10.2 Å². The number of hydrogen-bond donors (Lipinski definition) is 1. The Labute approximate surface area is 106 Å². The molecular formula is C13H16FN3O. The fourth-order valence-electron chi connectivity index (χ4n) is 1.48. The van der Waals surface area contributed by atoms with Crippen molar-refractivity contribution in [1.29, 1.82) is 5.26 Å². The largest absolute Gasteiger partial charge is 0.372 e. The predicted molar refractivity (Wildman–Crippen MR) is 67.5 cm³/mol. The fraction of sp³-hybridized carbons (Fsp3) is 0.385. The minimum Gasteiger partial charge on any atom is -0.372 e. The zero-order valence-electron chi connectivity index (χ0n) is 10.7. The molecule has 0 aliphatic heterocycles. The molecule has 0 aliphatic rings. The number of carbonyl (C=O) groups is 1. The van der Waals surface area contributed by atoms with Gasteiger partial charge in [-0.15, -0.1) is 0 Å². The number of amides is 1. The molecule has 1 aromatic carbocycles. The van der Waals surface area contributed by atoms with Gasteiger partial charge in [0.2, 0.25) is 5.91 Å². The van der Waals surface area contributed by atoms with Crippen molar-refractivity contribution in [2.45, 2.75) is 19.9 Å². The third kappa shape index (κ3) is 3.20. The van der Waals surface area contributed by atoms with Crippen LogP contribution in [0.1, 0.15) is 19.4 Å². The second-order valence-corrected chi connectivity index (χ2v) is 4.02. The molecule has 0 aromatic heterocycles. The average Bonchev–Trinajstić information content (AvgIpc) is 2.38. The standard InChI is InChI=1S/C13H16FN3O/c1-4-17(3)13(18)9(2)16-12-6-5-10(8-15)7-11(12)14/h5-7,9,16H,4H2,1-3H3. The van der Waals surface area contributed by atoms with Crippen LogP contribution in [0.3, 0.4) is 0 Å². The molecule has 0 bridgehead atoms. The Balaban J connectivity index is 2.79. The first kappa shape index (κ1) is 14.0. The Bertz CT molecular complexity index is 482. The molecule has 1 rings (SSSR count). The lowest BCUT2D eigenvalue weighted by Crippen LogP contribution is -2.39. The molecule has 0 saturated heterocycles. The van der Waals surface area contributed by atoms with E-state index in [1.165, 1.54) is 12.1 Å². The molecule has 18 heavy (non-hydrogen) atoms. The van der Waals surface area contributed by atoms with Gasteiger partial charge in [-0.25, -0.2) is 4.39 Å². The Hall–Kier alpha value is -2.09. The number of rotatable bonds is 4. The first-order valence-corrected chi connectivity index (χ1v) is 5.70. The maximum Gasteiger partial charge on any atom is 0.244 e. The molecule has 1 atom stereocenters. The first-order chi connectivity index (χ1) is 8.49. The van der Waals surface area contributed by atoms with Crippen LogP contribution in [-0.4, -0.2) is 30.4 Å². The van der Waals surface area contributed by atoms with E-state index in [-0.39, 0.29) is 17.2 Å². The van der Waals surface area contributed by atoms with Crippen LogP contribution in [-0.2, 0) is 4.79 Å². The highest BCUT2D eigenvalue weighted by atomic mass is 19.1. The summed E-state index contributed by atoms with van der Waals surface area (Å²) in [5.41, 5.74) is 0.474. The van der Waals surface area contributed by atoms with Crippen molar-refractivity contribution >= 4 is 11.6 Å². The molecule has 0 heterocycles. The second kappa shape index (κ2) is 6.01. The van der Waals surface area contributed by atoms with Crippen LogP contribution in [0.25, 0.3) is 0 Å². The van der Waals surface area contributed by atoms with Crippen LogP contribution in [0, 0.1) is 17.1 Å². The van der Waals surface area contributed by atoms with Gasteiger partial charge in [0.05, 0.1) is 17.3 Å². The minimum absolute atomic E-state index is 0.110. The van der Waals surface area contributed by atoms with E-state index in [2.05, 4.69) is 5.32 Å². The highest BCUT2D eigenvalue weighted by Gasteiger charge is 2.17. The molecule has 1 aromatic rings. The number of anilines is 1. The quantitative estimate of drug-likeness (QED) is 0.887. The topological polar surface area (TPSA) is 56.1 Å². The number of nitrogens with one attached hydrogen (secondary N) is 1. The summed E-state index contributed by atoms with van der Waals surface area (Å²) in [5.74, 6) is -0.644. The summed E-state index contributed by atoms with van der Waals surface area (Å²) in [6, 6.07) is 5.45. The number of halogens is 1. The monoisotopic (exact) mass is 249 g/mol. The summed E-state index contributed by atoms with van der Waals surface area (Å²) in [6.07, 6.45) is 0. The Kier molecular flexibility index (Phi) is 4.67. The summed E-state index contributed by atoms with van der Waals surface area (Å²) in [7, 11) is 1.69. The number of carbonyl (C=O) groups excluding carboxylic acids is 1. The van der Waals surface area contributed by atoms with E-state index in [0.717, 1.165) is 6.07 Å². The average molecular weight is 249 g/mol. The summed E-state index contributed by atoms with van der Waals surface area (Å²) in [6.45, 7) is 4.14. The van der Waals surface area contributed by atoms with Gasteiger partial charge in [0.1, 0.15) is 11.9 Å². The molecule has 1 unspecified atom stereocenters. The van der Waals surface area contributed by atoms with Crippen molar-refractivity contribution in [1.82, 2.24) is 4.90 Å². The minimum atomic E-state index is -0.534. The van der Waals surface area contributed by atoms with Crippen LogP contribution in [0.4, 0.5) is 10.1 Å². The zero-order chi connectivity index (χ0) is 13.7. The van der Waals surface area contributed by atoms with Crippen molar-refractivity contribution < 1.29 is 9.18 Å². The summed E-state index contributed by atoms with van der Waals surface area (Å²) in [5, 5.41) is 11.4. The summed E-state index contributed by atoms with van der Waals surface area (Å²) in [4.78, 5) is 13.4. The van der Waals surface area contributed by atoms with Crippen molar-refractivity contribution in [3.8, 4) is 6.07 Å². The molecular weight excluding hydrogens is 233 g/mol. The molecule has 0 fully saturated rings. The van der Waals surface area contributed by atoms with Crippen LogP contribution in [0.2, 0.25) is 0 Å². The van der Waals surface area contributed by atoms with Gasteiger partial charge in [0, 0.05) is 13.6 Å². The van der Waals surface area contributed by atoms with E-state index in [9.17, 15) is 9.18 Å². The lowest BCUT2D eigenvalue weighted by molar-refractivity contribution is -0.130. The van der Waals surface area contributed by atoms with Crippen molar-refractivity contribution in [3.63, 3.8) is 0 Å². The Morgan fingerprint density at radius 2 is 2.28 bits per heavy atom. The highest BCUT2D eigenvalue weighted by Crippen LogP contribution is 2.16. The Morgan fingerprint density at radius 3 is 2.78 bits per heavy atom. The van der Waals surface area contributed by atoms with E-state index in [1.807, 2.05) is 13.0 Å². The number of nitrogens with zero attached hydrogens (tertiary/aromatic N) is 2. The molecule has 1 N–H and O–H groups in total. The van der Waals surface area contributed by atoms with Gasteiger partial charge >= 0.3 is 0 Å². The Morgan fingerprint density at radius 1 is 1.61 bits per heavy atom. The number of hydrogen-bond acceptors (Lipinski definition) is 3. The highest BCUT2D eigenvalue weighted by molar-refractivity contribution is 5.84. The van der Waals surface area contributed by atoms with E-state index >= 15 is 0 Å². The lowest BCUT2D eigenvalue weighted by Gasteiger charge is -2.21. The molecule has 0 saturated carbocycles. The van der Waals surface area contributed by atoms with E-state index in [1.54, 1.807) is 18.9 Å². The van der Waals surface area contributed by atoms with Crippen molar-refractivity contribution in [2.24, 2.45) is 0 Å². The number of benzene rings is 1. The molecule has 4 nitrogen and oxygen atoms in total. The molecule has 0 aliphatic carbocycles. The van der Waals surface area contributed by atoms with Crippen LogP contribution < -0.4 is 5.32 Å². The van der Waals surface area contributed by atoms with Gasteiger partial charge in [-0.3, -0.25) is 4.79 Å². The van der Waals surface area contributed by atoms with E-state index < -0.39 is 11.9 Å². The SMILES string of the molecule is CCN(C)C(=O)C(C)Nc1ccc(C#N)cc1F. The predicted octanol–water partition coefficient (Wildman–Crippen LogP) is 1.98. The smallest absolute Gasteiger partial charge is 0.244 e. The van der Waals surface area contributed by atoms with Gasteiger partial charge in [0.25, 0.3) is 0 Å².